The molecule has 92 valence electrons. The van der Waals surface area contributed by atoms with Crippen molar-refractivity contribution in [1.82, 2.24) is 0 Å². The molecule has 0 bridgehead atoms. The Morgan fingerprint density at radius 1 is 1.22 bits per heavy atom. The Kier molecular flexibility index (Phi) is 2.85. The van der Waals surface area contributed by atoms with Crippen LogP contribution < -0.4 is 10.7 Å². The maximum Gasteiger partial charge on any atom is 0.344 e. The van der Waals surface area contributed by atoms with E-state index in [2.05, 4.69) is 9.15 Å². The van der Waals surface area contributed by atoms with Gasteiger partial charge in [-0.05, 0) is 6.07 Å². The highest BCUT2D eigenvalue weighted by atomic mass is 16.5. The molecule has 6 nitrogen and oxygen atoms in total. The van der Waals surface area contributed by atoms with Gasteiger partial charge in [-0.2, -0.15) is 0 Å². The van der Waals surface area contributed by atoms with Crippen LogP contribution in [0.5, 0.6) is 0 Å². The number of rotatable bonds is 2. The summed E-state index contributed by atoms with van der Waals surface area (Å²) in [5, 5.41) is 11.1. The van der Waals surface area contributed by atoms with Crippen LogP contribution in [0.15, 0.2) is 33.5 Å². The third-order valence-electron chi connectivity index (χ3n) is 2.41. The lowest BCUT2D eigenvalue weighted by molar-refractivity contribution is -0.257. The summed E-state index contributed by atoms with van der Waals surface area (Å²) in [6, 6.07) is 5.99. The molecule has 0 aliphatic carbocycles. The van der Waals surface area contributed by atoms with Crippen molar-refractivity contribution in [3.05, 3.63) is 46.0 Å². The van der Waals surface area contributed by atoms with Crippen LogP contribution in [-0.2, 0) is 4.74 Å². The molecule has 0 saturated carbocycles. The summed E-state index contributed by atoms with van der Waals surface area (Å²) in [6.07, 6.45) is 0. The zero-order valence-electron chi connectivity index (χ0n) is 9.26. The molecule has 0 amide bonds. The van der Waals surface area contributed by atoms with Crippen molar-refractivity contribution in [3.63, 3.8) is 0 Å². The Balaban J connectivity index is 2.97. The van der Waals surface area contributed by atoms with Gasteiger partial charge in [0, 0.05) is 5.39 Å². The molecule has 0 radical (unpaired) electrons. The van der Waals surface area contributed by atoms with Crippen LogP contribution in [0.2, 0.25) is 0 Å². The topological polar surface area (TPSA) is 96.6 Å². The number of aromatic carboxylic acids is 1. The van der Waals surface area contributed by atoms with E-state index in [-0.39, 0.29) is 16.3 Å². The summed E-state index contributed by atoms with van der Waals surface area (Å²) in [4.78, 5) is 34.0. The first-order chi connectivity index (χ1) is 8.56. The second kappa shape index (κ2) is 4.33. The van der Waals surface area contributed by atoms with E-state index in [4.69, 9.17) is 0 Å². The van der Waals surface area contributed by atoms with E-state index in [1.807, 2.05) is 0 Å². The van der Waals surface area contributed by atoms with Crippen LogP contribution in [0.1, 0.15) is 20.9 Å². The molecular weight excluding hydrogens is 240 g/mol. The Hall–Kier alpha value is -2.63. The Bertz CT molecular complexity index is 697. The molecule has 2 rings (SSSR count). The van der Waals surface area contributed by atoms with Crippen molar-refractivity contribution in [2.24, 2.45) is 0 Å². The van der Waals surface area contributed by atoms with Crippen molar-refractivity contribution in [1.29, 1.82) is 0 Å². The number of benzene rings is 1. The molecule has 18 heavy (non-hydrogen) atoms. The van der Waals surface area contributed by atoms with Gasteiger partial charge in [-0.15, -0.1) is 0 Å². The summed E-state index contributed by atoms with van der Waals surface area (Å²) in [5.74, 6) is -3.49. The molecule has 0 atom stereocenters. The Morgan fingerprint density at radius 3 is 2.39 bits per heavy atom. The molecule has 1 aromatic carbocycles. The number of carbonyl (C=O) groups is 2. The summed E-state index contributed by atoms with van der Waals surface area (Å²) in [7, 11) is 1.10. The van der Waals surface area contributed by atoms with Crippen LogP contribution in [0.4, 0.5) is 0 Å². The molecule has 0 N–H and O–H groups in total. The summed E-state index contributed by atoms with van der Waals surface area (Å²) in [5.41, 5.74) is -1.18. The maximum atomic E-state index is 11.6. The predicted octanol–water partition coefficient (Wildman–Crippen LogP) is -0.0569. The first kappa shape index (κ1) is 11.8. The van der Waals surface area contributed by atoms with Crippen LogP contribution in [0, 0.1) is 0 Å². The Labute approximate surface area is 100 Å². The highest BCUT2D eigenvalue weighted by Gasteiger charge is 2.21. The van der Waals surface area contributed by atoms with Crippen molar-refractivity contribution in [2.45, 2.75) is 0 Å². The lowest BCUT2D eigenvalue weighted by Gasteiger charge is -2.09. The van der Waals surface area contributed by atoms with Gasteiger partial charge in [0.25, 0.3) is 0 Å². The van der Waals surface area contributed by atoms with Gasteiger partial charge in [-0.25, -0.2) is 9.59 Å². The third-order valence-corrected chi connectivity index (χ3v) is 2.41. The van der Waals surface area contributed by atoms with Gasteiger partial charge < -0.3 is 19.1 Å². The van der Waals surface area contributed by atoms with E-state index in [0.717, 1.165) is 7.11 Å². The van der Waals surface area contributed by atoms with E-state index in [1.54, 1.807) is 12.1 Å². The zero-order valence-corrected chi connectivity index (χ0v) is 9.26. The highest BCUT2D eigenvalue weighted by molar-refractivity contribution is 6.09. The van der Waals surface area contributed by atoms with Crippen molar-refractivity contribution < 1.29 is 23.8 Å². The van der Waals surface area contributed by atoms with Crippen molar-refractivity contribution in [3.8, 4) is 0 Å². The second-order valence-corrected chi connectivity index (χ2v) is 3.42. The molecule has 6 heteroatoms. The molecule has 2 aromatic rings. The lowest BCUT2D eigenvalue weighted by atomic mass is 10.1. The fraction of sp³-hybridized carbons (Fsp3) is 0.0833. The molecule has 0 fully saturated rings. The lowest BCUT2D eigenvalue weighted by Crippen LogP contribution is -2.27. The minimum atomic E-state index is -1.75. The van der Waals surface area contributed by atoms with Crippen LogP contribution in [0.25, 0.3) is 10.8 Å². The number of methoxy groups -OCH3 is 1. The number of carboxylic acids is 1. The molecular formula is C12H7O6-. The van der Waals surface area contributed by atoms with E-state index < -0.39 is 23.3 Å². The number of hydrogen-bond acceptors (Lipinski definition) is 6. The molecule has 0 aliphatic rings. The van der Waals surface area contributed by atoms with Gasteiger partial charge in [0.2, 0.25) is 0 Å². The Morgan fingerprint density at radius 2 is 1.83 bits per heavy atom. The number of carbonyl (C=O) groups excluding carboxylic acids is 2. The summed E-state index contributed by atoms with van der Waals surface area (Å²) < 4.78 is 9.07. The zero-order chi connectivity index (χ0) is 13.3. The van der Waals surface area contributed by atoms with E-state index in [9.17, 15) is 19.5 Å². The summed E-state index contributed by atoms with van der Waals surface area (Å²) in [6.45, 7) is 0. The van der Waals surface area contributed by atoms with Crippen LogP contribution in [-0.4, -0.2) is 19.0 Å². The minimum absolute atomic E-state index is 0.0999. The first-order valence-electron chi connectivity index (χ1n) is 4.91. The average molecular weight is 247 g/mol. The molecule has 0 spiro atoms. The van der Waals surface area contributed by atoms with E-state index in [0.29, 0.717) is 0 Å². The normalized spacial score (nSPS) is 10.3. The molecule has 0 saturated heterocycles. The maximum absolute atomic E-state index is 11.6. The summed E-state index contributed by atoms with van der Waals surface area (Å²) >= 11 is 0. The molecule has 1 aromatic heterocycles. The van der Waals surface area contributed by atoms with Gasteiger partial charge in [0.15, 0.2) is 5.76 Å². The monoisotopic (exact) mass is 247 g/mol. The van der Waals surface area contributed by atoms with Crippen molar-refractivity contribution >= 4 is 22.7 Å². The fourth-order valence-corrected chi connectivity index (χ4v) is 1.65. The quantitative estimate of drug-likeness (QED) is 0.690. The van der Waals surface area contributed by atoms with Gasteiger partial charge >= 0.3 is 11.6 Å². The standard InChI is InChI=1S/C12H8O6/c1-17-12(16)8-6-4-2-3-5-7(6)11(15)18-9(8)10(13)14/h2-5H,1H3,(H,13,14)/p-1. The smallest absolute Gasteiger partial charge is 0.344 e. The number of fused-ring (bicyclic) bond motifs is 1. The highest BCUT2D eigenvalue weighted by Crippen LogP contribution is 2.20. The fourth-order valence-electron chi connectivity index (χ4n) is 1.65. The average Bonchev–Trinajstić information content (AvgIpc) is 2.37. The van der Waals surface area contributed by atoms with Crippen LogP contribution >= 0.6 is 0 Å². The van der Waals surface area contributed by atoms with Gasteiger partial charge in [-0.3, -0.25) is 0 Å². The van der Waals surface area contributed by atoms with Crippen molar-refractivity contribution in [2.75, 3.05) is 7.11 Å². The van der Waals surface area contributed by atoms with Gasteiger partial charge in [0.05, 0.1) is 12.5 Å². The molecule has 0 unspecified atom stereocenters. The van der Waals surface area contributed by atoms with E-state index in [1.165, 1.54) is 12.1 Å². The number of ether oxygens (including phenoxy) is 1. The number of carboxylic acid groups (broad SMARTS) is 1. The van der Waals surface area contributed by atoms with Gasteiger partial charge in [-0.1, -0.05) is 18.2 Å². The van der Waals surface area contributed by atoms with Gasteiger partial charge in [0.1, 0.15) is 11.5 Å². The van der Waals surface area contributed by atoms with E-state index >= 15 is 0 Å². The second-order valence-electron chi connectivity index (χ2n) is 3.42. The van der Waals surface area contributed by atoms with Crippen LogP contribution in [0.3, 0.4) is 0 Å². The SMILES string of the molecule is COC(=O)c1c(C(=O)[O-])oc(=O)c2ccccc12. The first-order valence-corrected chi connectivity index (χ1v) is 4.91. The number of esters is 1. The largest absolute Gasteiger partial charge is 0.542 e. The minimum Gasteiger partial charge on any atom is -0.542 e. The molecule has 0 aliphatic heterocycles. The number of hydrogen-bond donors (Lipinski definition) is 0. The predicted molar refractivity (Wildman–Crippen MR) is 58.2 cm³/mol. The third kappa shape index (κ3) is 1.73. The molecule has 1 heterocycles.